The number of amides is 1. The number of aryl methyl sites for hydroxylation is 1. The van der Waals surface area contributed by atoms with Crippen molar-refractivity contribution in [2.24, 2.45) is 0 Å². The standard InChI is InChI=1S/C19H31N3O4S/c1-17-6-4-7-18(16-17)20-11-13-21(14-12-20)19(23)8-10-22(27(3,24)25)9-5-15-26-2/h4,6-7,16H,5,8-15H2,1-3H3. The summed E-state index contributed by atoms with van der Waals surface area (Å²) in [6, 6.07) is 8.37. The van der Waals surface area contributed by atoms with E-state index in [4.69, 9.17) is 4.74 Å². The Labute approximate surface area is 162 Å². The van der Waals surface area contributed by atoms with Crippen molar-refractivity contribution in [1.29, 1.82) is 0 Å². The van der Waals surface area contributed by atoms with Crippen molar-refractivity contribution in [3.05, 3.63) is 29.8 Å². The summed E-state index contributed by atoms with van der Waals surface area (Å²) in [6.45, 7) is 6.08. The average Bonchev–Trinajstić information content (AvgIpc) is 2.63. The normalized spacial score (nSPS) is 15.4. The highest BCUT2D eigenvalue weighted by Gasteiger charge is 2.23. The molecular weight excluding hydrogens is 366 g/mol. The zero-order valence-corrected chi connectivity index (χ0v) is 17.4. The van der Waals surface area contributed by atoms with E-state index in [1.54, 1.807) is 7.11 Å². The lowest BCUT2D eigenvalue weighted by Gasteiger charge is -2.36. The molecule has 8 heteroatoms. The number of piperazine rings is 1. The molecule has 1 aliphatic heterocycles. The highest BCUT2D eigenvalue weighted by atomic mass is 32.2. The predicted octanol–water partition coefficient (Wildman–Crippen LogP) is 1.33. The molecule has 27 heavy (non-hydrogen) atoms. The number of anilines is 1. The number of carbonyl (C=O) groups excluding carboxylic acids is 1. The van der Waals surface area contributed by atoms with Crippen LogP contribution in [0, 0.1) is 6.92 Å². The van der Waals surface area contributed by atoms with Crippen molar-refractivity contribution in [1.82, 2.24) is 9.21 Å². The molecule has 152 valence electrons. The molecule has 2 rings (SSSR count). The zero-order chi connectivity index (χ0) is 19.9. The van der Waals surface area contributed by atoms with E-state index in [0.717, 1.165) is 13.1 Å². The van der Waals surface area contributed by atoms with Crippen LogP contribution in [0.3, 0.4) is 0 Å². The molecule has 0 atom stereocenters. The van der Waals surface area contributed by atoms with Crippen LogP contribution in [0.15, 0.2) is 24.3 Å². The molecule has 7 nitrogen and oxygen atoms in total. The molecule has 1 aliphatic rings. The summed E-state index contributed by atoms with van der Waals surface area (Å²) >= 11 is 0. The van der Waals surface area contributed by atoms with Crippen LogP contribution in [0.1, 0.15) is 18.4 Å². The van der Waals surface area contributed by atoms with Gasteiger partial charge in [0.1, 0.15) is 0 Å². The molecule has 0 saturated carbocycles. The second-order valence-corrected chi connectivity index (χ2v) is 8.95. The van der Waals surface area contributed by atoms with Gasteiger partial charge in [0.15, 0.2) is 0 Å². The van der Waals surface area contributed by atoms with Gasteiger partial charge in [-0.2, -0.15) is 0 Å². The van der Waals surface area contributed by atoms with Crippen LogP contribution in [0.5, 0.6) is 0 Å². The van der Waals surface area contributed by atoms with Crippen LogP contribution in [0.4, 0.5) is 5.69 Å². The Morgan fingerprint density at radius 2 is 1.89 bits per heavy atom. The van der Waals surface area contributed by atoms with E-state index in [1.807, 2.05) is 11.0 Å². The number of ether oxygens (including phenoxy) is 1. The van der Waals surface area contributed by atoms with E-state index in [-0.39, 0.29) is 18.9 Å². The van der Waals surface area contributed by atoms with Gasteiger partial charge in [-0.1, -0.05) is 12.1 Å². The lowest BCUT2D eigenvalue weighted by molar-refractivity contribution is -0.131. The number of benzene rings is 1. The Morgan fingerprint density at radius 1 is 1.19 bits per heavy atom. The minimum Gasteiger partial charge on any atom is -0.385 e. The van der Waals surface area contributed by atoms with Crippen molar-refractivity contribution < 1.29 is 17.9 Å². The van der Waals surface area contributed by atoms with Gasteiger partial charge in [-0.25, -0.2) is 12.7 Å². The van der Waals surface area contributed by atoms with Gasteiger partial charge in [-0.15, -0.1) is 0 Å². The van der Waals surface area contributed by atoms with Crippen molar-refractivity contribution in [3.8, 4) is 0 Å². The Kier molecular flexibility index (Phi) is 8.07. The molecule has 0 bridgehead atoms. The van der Waals surface area contributed by atoms with Crippen LogP contribution in [-0.2, 0) is 19.6 Å². The fraction of sp³-hybridized carbons (Fsp3) is 0.632. The second kappa shape index (κ2) is 10.1. The van der Waals surface area contributed by atoms with Gasteiger partial charge in [-0.05, 0) is 31.0 Å². The monoisotopic (exact) mass is 397 g/mol. The maximum atomic E-state index is 12.5. The van der Waals surface area contributed by atoms with Crippen molar-refractivity contribution in [2.75, 3.05) is 64.1 Å². The Morgan fingerprint density at radius 3 is 2.48 bits per heavy atom. The first-order valence-corrected chi connectivity index (χ1v) is 11.2. The van der Waals surface area contributed by atoms with Gasteiger partial charge in [0, 0.05) is 65.1 Å². The van der Waals surface area contributed by atoms with E-state index in [1.165, 1.54) is 21.8 Å². The molecule has 1 saturated heterocycles. The van der Waals surface area contributed by atoms with Crippen LogP contribution in [-0.4, -0.2) is 82.8 Å². The van der Waals surface area contributed by atoms with Crippen molar-refractivity contribution >= 4 is 21.6 Å². The maximum Gasteiger partial charge on any atom is 0.224 e. The van der Waals surface area contributed by atoms with Crippen molar-refractivity contribution in [3.63, 3.8) is 0 Å². The maximum absolute atomic E-state index is 12.5. The number of carbonyl (C=O) groups is 1. The van der Waals surface area contributed by atoms with E-state index in [0.29, 0.717) is 32.7 Å². The molecule has 1 fully saturated rings. The number of hydrogen-bond donors (Lipinski definition) is 0. The molecule has 0 spiro atoms. The van der Waals surface area contributed by atoms with Gasteiger partial charge in [-0.3, -0.25) is 4.79 Å². The van der Waals surface area contributed by atoms with Gasteiger partial charge < -0.3 is 14.5 Å². The number of hydrogen-bond acceptors (Lipinski definition) is 5. The molecule has 0 unspecified atom stereocenters. The molecule has 0 aliphatic carbocycles. The van der Waals surface area contributed by atoms with Gasteiger partial charge in [0.05, 0.1) is 6.26 Å². The summed E-state index contributed by atoms with van der Waals surface area (Å²) in [5, 5.41) is 0. The highest BCUT2D eigenvalue weighted by Crippen LogP contribution is 2.18. The largest absolute Gasteiger partial charge is 0.385 e. The molecule has 0 N–H and O–H groups in total. The summed E-state index contributed by atoms with van der Waals surface area (Å²) in [5.74, 6) is 0.0132. The number of sulfonamides is 1. The van der Waals surface area contributed by atoms with Gasteiger partial charge in [0.2, 0.25) is 15.9 Å². The summed E-state index contributed by atoms with van der Waals surface area (Å²) in [5.41, 5.74) is 2.41. The number of rotatable bonds is 9. The predicted molar refractivity (Wildman–Crippen MR) is 107 cm³/mol. The first-order valence-electron chi connectivity index (χ1n) is 9.34. The molecule has 0 aromatic heterocycles. The van der Waals surface area contributed by atoms with Gasteiger partial charge in [0.25, 0.3) is 0 Å². The first kappa shape index (κ1) is 21.7. The summed E-state index contributed by atoms with van der Waals surface area (Å²) < 4.78 is 30.1. The third kappa shape index (κ3) is 6.79. The third-order valence-corrected chi connectivity index (χ3v) is 6.10. The summed E-state index contributed by atoms with van der Waals surface area (Å²) in [6.07, 6.45) is 2.02. The van der Waals surface area contributed by atoms with Crippen LogP contribution < -0.4 is 4.90 Å². The fourth-order valence-electron chi connectivity index (χ4n) is 3.25. The number of methoxy groups -OCH3 is 1. The summed E-state index contributed by atoms with van der Waals surface area (Å²) in [4.78, 5) is 16.6. The van der Waals surface area contributed by atoms with E-state index < -0.39 is 10.0 Å². The average molecular weight is 398 g/mol. The molecule has 1 aromatic carbocycles. The minimum atomic E-state index is -3.32. The lowest BCUT2D eigenvalue weighted by atomic mass is 10.2. The van der Waals surface area contributed by atoms with E-state index in [9.17, 15) is 13.2 Å². The Balaban J connectivity index is 1.82. The van der Waals surface area contributed by atoms with E-state index >= 15 is 0 Å². The van der Waals surface area contributed by atoms with Crippen LogP contribution >= 0.6 is 0 Å². The highest BCUT2D eigenvalue weighted by molar-refractivity contribution is 7.88. The minimum absolute atomic E-state index is 0.0132. The first-order chi connectivity index (χ1) is 12.8. The Hall–Kier alpha value is -1.64. The molecule has 1 heterocycles. The lowest BCUT2D eigenvalue weighted by Crippen LogP contribution is -2.49. The quantitative estimate of drug-likeness (QED) is 0.588. The second-order valence-electron chi connectivity index (χ2n) is 6.97. The van der Waals surface area contributed by atoms with Crippen LogP contribution in [0.25, 0.3) is 0 Å². The van der Waals surface area contributed by atoms with Gasteiger partial charge >= 0.3 is 0 Å². The molecule has 0 radical (unpaired) electrons. The topological polar surface area (TPSA) is 70.2 Å². The molecule has 1 aromatic rings. The fourth-order valence-corrected chi connectivity index (χ4v) is 4.13. The molecular formula is C19H31N3O4S. The number of nitrogens with zero attached hydrogens (tertiary/aromatic N) is 3. The van der Waals surface area contributed by atoms with Crippen LogP contribution in [0.2, 0.25) is 0 Å². The van der Waals surface area contributed by atoms with Crippen molar-refractivity contribution in [2.45, 2.75) is 19.8 Å². The summed E-state index contributed by atoms with van der Waals surface area (Å²) in [7, 11) is -1.73. The smallest absolute Gasteiger partial charge is 0.224 e. The van der Waals surface area contributed by atoms with E-state index in [2.05, 4.69) is 30.0 Å². The Bertz CT molecular complexity index is 715. The third-order valence-electron chi connectivity index (χ3n) is 4.80. The zero-order valence-electron chi connectivity index (χ0n) is 16.6. The SMILES string of the molecule is COCCCN(CCC(=O)N1CCN(c2cccc(C)c2)CC1)S(C)(=O)=O. The molecule has 1 amide bonds.